The van der Waals surface area contributed by atoms with E-state index in [0.29, 0.717) is 0 Å². The maximum Gasteiger partial charge on any atom is -0.0167 e. The van der Waals surface area contributed by atoms with E-state index in [1.165, 1.54) is 6.42 Å². The average molecular weight is 165 g/mol. The minimum Gasteiger partial charge on any atom is -0.323 e. The molecular formula is C10H31N. The van der Waals surface area contributed by atoms with Crippen LogP contribution in [0.3, 0.4) is 0 Å². The van der Waals surface area contributed by atoms with Gasteiger partial charge in [0.2, 0.25) is 0 Å². The van der Waals surface area contributed by atoms with Crippen LogP contribution >= 0.6 is 0 Å². The number of hydrogen-bond donors (Lipinski definition) is 1. The van der Waals surface area contributed by atoms with Crippen LogP contribution in [0.5, 0.6) is 0 Å². The minimum absolute atomic E-state index is 0. The van der Waals surface area contributed by atoms with Gasteiger partial charge in [-0.25, -0.2) is 0 Å². The van der Waals surface area contributed by atoms with Crippen molar-refractivity contribution in [2.45, 2.75) is 55.4 Å². The lowest BCUT2D eigenvalue weighted by Gasteiger charge is -1.59. The molecule has 0 aliphatic rings. The summed E-state index contributed by atoms with van der Waals surface area (Å²) in [6.45, 7) is 12.2. The fourth-order valence-electron chi connectivity index (χ4n) is 0. The highest BCUT2D eigenvalue weighted by molar-refractivity contribution is 3.92. The predicted molar refractivity (Wildman–Crippen MR) is 60.4 cm³/mol. The van der Waals surface area contributed by atoms with Crippen LogP contribution in [0, 0.1) is 0 Å². The van der Waals surface area contributed by atoms with Gasteiger partial charge < -0.3 is 5.32 Å². The Balaban J connectivity index is -0.0000000144. The van der Waals surface area contributed by atoms with Crippen LogP contribution in [0.1, 0.15) is 55.4 Å². The van der Waals surface area contributed by atoms with Crippen molar-refractivity contribution in [3.63, 3.8) is 0 Å². The fraction of sp³-hybridized carbons (Fsp3) is 1.00. The second-order valence-electron chi connectivity index (χ2n) is 1.21. The Morgan fingerprint density at radius 3 is 0.818 bits per heavy atom. The Morgan fingerprint density at radius 2 is 0.818 bits per heavy atom. The van der Waals surface area contributed by atoms with Gasteiger partial charge in [0.15, 0.2) is 0 Å². The summed E-state index contributed by atoms with van der Waals surface area (Å²) in [5.41, 5.74) is 0. The van der Waals surface area contributed by atoms with Crippen LogP contribution in [0.4, 0.5) is 0 Å². The molecule has 11 heavy (non-hydrogen) atoms. The van der Waals surface area contributed by atoms with E-state index in [9.17, 15) is 0 Å². The molecule has 0 heterocycles. The molecule has 0 amide bonds. The van der Waals surface area contributed by atoms with E-state index >= 15 is 0 Å². The summed E-state index contributed by atoms with van der Waals surface area (Å²) in [6, 6.07) is 0. The molecule has 0 bridgehead atoms. The first-order valence-corrected chi connectivity index (χ1v) is 4.41. The van der Waals surface area contributed by atoms with Crippen LogP contribution in [-0.2, 0) is 0 Å². The lowest BCUT2D eigenvalue weighted by Crippen LogP contribution is -1.89. The van der Waals surface area contributed by atoms with Gasteiger partial charge in [0.25, 0.3) is 0 Å². The third-order valence-corrected chi connectivity index (χ3v) is 0. The molecule has 0 aliphatic heterocycles. The van der Waals surface area contributed by atoms with Crippen molar-refractivity contribution < 1.29 is 0 Å². The summed E-state index contributed by atoms with van der Waals surface area (Å²) >= 11 is 0. The molecule has 0 saturated heterocycles. The van der Waals surface area contributed by atoms with Crippen molar-refractivity contribution >= 4 is 0 Å². The van der Waals surface area contributed by atoms with E-state index < -0.39 is 0 Å². The first-order valence-electron chi connectivity index (χ1n) is 4.41. The highest BCUT2D eigenvalue weighted by Gasteiger charge is 1.35. The topological polar surface area (TPSA) is 12.0 Å². The van der Waals surface area contributed by atoms with Crippen LogP contribution in [0.2, 0.25) is 0 Å². The maximum atomic E-state index is 2.75. The molecule has 76 valence electrons. The Bertz CT molecular complexity index is 6.83. The highest BCUT2D eigenvalue weighted by Crippen LogP contribution is 1.56. The van der Waals surface area contributed by atoms with Gasteiger partial charge in [-0.15, -0.1) is 0 Å². The lowest BCUT2D eigenvalue weighted by atomic mass is 10.6. The van der Waals surface area contributed by atoms with Crippen molar-refractivity contribution in [1.82, 2.24) is 5.32 Å². The standard InChI is InChI=1S/C3H8.C2H7N.2C2H6.CH4/c2*1-3-2;2*1-2;/h3H2,1-2H3;3H,1-2H3;2*1-2H3;1H4. The molecule has 0 atom stereocenters. The summed E-state index contributed by atoms with van der Waals surface area (Å²) < 4.78 is 0. The fourth-order valence-corrected chi connectivity index (χ4v) is 0. The van der Waals surface area contributed by atoms with Gasteiger partial charge in [-0.3, -0.25) is 0 Å². The van der Waals surface area contributed by atoms with Crippen molar-refractivity contribution in [2.75, 3.05) is 14.1 Å². The molecule has 0 aliphatic carbocycles. The quantitative estimate of drug-likeness (QED) is 0.573. The summed E-state index contributed by atoms with van der Waals surface area (Å²) in [4.78, 5) is 0. The maximum absolute atomic E-state index is 2.75. The summed E-state index contributed by atoms with van der Waals surface area (Å²) in [5.74, 6) is 0. The molecule has 0 aromatic rings. The molecular weight excluding hydrogens is 134 g/mol. The number of hydrogen-bond acceptors (Lipinski definition) is 1. The predicted octanol–water partition coefficient (Wildman–Crippen LogP) is 3.94. The van der Waals surface area contributed by atoms with Gasteiger partial charge in [0.1, 0.15) is 0 Å². The SMILES string of the molecule is C.CC.CC.CCC.CNC. The van der Waals surface area contributed by atoms with Gasteiger partial charge in [-0.05, 0) is 14.1 Å². The van der Waals surface area contributed by atoms with Crippen LogP contribution in [-0.4, -0.2) is 14.1 Å². The third-order valence-electron chi connectivity index (χ3n) is 0. The van der Waals surface area contributed by atoms with Gasteiger partial charge >= 0.3 is 0 Å². The van der Waals surface area contributed by atoms with Gasteiger partial charge in [-0.1, -0.05) is 55.4 Å². The molecule has 0 aromatic carbocycles. The molecule has 0 radical (unpaired) electrons. The molecule has 0 saturated carbocycles. The zero-order valence-electron chi connectivity index (χ0n) is 9.21. The monoisotopic (exact) mass is 165 g/mol. The van der Waals surface area contributed by atoms with Crippen molar-refractivity contribution in [3.05, 3.63) is 0 Å². The van der Waals surface area contributed by atoms with Crippen LogP contribution < -0.4 is 5.32 Å². The Hall–Kier alpha value is -0.0400. The van der Waals surface area contributed by atoms with Crippen LogP contribution in [0.15, 0.2) is 0 Å². The Morgan fingerprint density at radius 1 is 0.818 bits per heavy atom. The Labute approximate surface area is 75.6 Å². The molecule has 1 heteroatoms. The van der Waals surface area contributed by atoms with Gasteiger partial charge in [-0.2, -0.15) is 0 Å². The van der Waals surface area contributed by atoms with Crippen molar-refractivity contribution in [1.29, 1.82) is 0 Å². The zero-order valence-corrected chi connectivity index (χ0v) is 9.21. The smallest absolute Gasteiger partial charge is 0.0167 e. The van der Waals surface area contributed by atoms with Gasteiger partial charge in [0, 0.05) is 0 Å². The molecule has 0 unspecified atom stereocenters. The highest BCUT2D eigenvalue weighted by atomic mass is 14.7. The molecule has 0 spiro atoms. The van der Waals surface area contributed by atoms with Crippen molar-refractivity contribution in [3.8, 4) is 0 Å². The van der Waals surface area contributed by atoms with E-state index in [2.05, 4.69) is 19.2 Å². The molecule has 1 nitrogen and oxygen atoms in total. The van der Waals surface area contributed by atoms with E-state index in [0.717, 1.165) is 0 Å². The second-order valence-corrected chi connectivity index (χ2v) is 1.21. The van der Waals surface area contributed by atoms with E-state index in [1.807, 2.05) is 41.8 Å². The summed E-state index contributed by atoms with van der Waals surface area (Å²) in [5, 5.41) is 2.75. The Kier molecular flexibility index (Phi) is 579. The summed E-state index contributed by atoms with van der Waals surface area (Å²) in [6.07, 6.45) is 1.25. The van der Waals surface area contributed by atoms with Gasteiger partial charge in [0.05, 0.1) is 0 Å². The molecule has 0 fully saturated rings. The average Bonchev–Trinajstić information content (AvgIpc) is 1.99. The lowest BCUT2D eigenvalue weighted by molar-refractivity contribution is 1.02. The van der Waals surface area contributed by atoms with Crippen molar-refractivity contribution in [2.24, 2.45) is 0 Å². The first-order chi connectivity index (χ1) is 4.83. The van der Waals surface area contributed by atoms with E-state index in [-0.39, 0.29) is 7.43 Å². The first kappa shape index (κ1) is 30.6. The summed E-state index contributed by atoms with van der Waals surface area (Å²) in [7, 11) is 3.75. The van der Waals surface area contributed by atoms with Crippen LogP contribution in [0.25, 0.3) is 0 Å². The molecule has 0 aromatic heterocycles. The molecule has 1 N–H and O–H groups in total. The number of nitrogens with one attached hydrogen (secondary N) is 1. The largest absolute Gasteiger partial charge is 0.323 e. The van der Waals surface area contributed by atoms with E-state index in [1.54, 1.807) is 0 Å². The normalized spacial score (nSPS) is 4.36. The molecule has 0 rings (SSSR count). The van der Waals surface area contributed by atoms with E-state index in [4.69, 9.17) is 0 Å². The second kappa shape index (κ2) is 208. The minimum atomic E-state index is 0. The number of rotatable bonds is 0. The zero-order chi connectivity index (χ0) is 9.41. The third kappa shape index (κ3) is 394000.